The fraction of sp³-hybridized carbons (Fsp3) is 0.271. The highest BCUT2D eigenvalue weighted by molar-refractivity contribution is 5.95. The zero-order valence-corrected chi connectivity index (χ0v) is 33.4. The smallest absolute Gasteiger partial charge is 0.253 e. The SMILES string of the molecule is Cn1cc(CNc2ccc(C(=O)N3CCN(c4ccccc4)CC3)cc2)cn1.O=C(c1ccc(NCCCc2ccccc2)cc1)N1CCN(c2ccccc2)CC1. The van der Waals surface area contributed by atoms with E-state index in [1.165, 1.54) is 16.9 Å². The molecule has 58 heavy (non-hydrogen) atoms. The van der Waals surface area contributed by atoms with Gasteiger partial charge >= 0.3 is 0 Å². The van der Waals surface area contributed by atoms with Crippen LogP contribution < -0.4 is 20.4 Å². The number of nitrogens with zero attached hydrogens (tertiary/aromatic N) is 6. The maximum absolute atomic E-state index is 12.9. The van der Waals surface area contributed by atoms with Crippen LogP contribution in [-0.2, 0) is 20.0 Å². The van der Waals surface area contributed by atoms with Gasteiger partial charge in [0, 0.05) is 118 Å². The summed E-state index contributed by atoms with van der Waals surface area (Å²) in [5, 5.41) is 11.0. The Morgan fingerprint density at radius 1 is 0.534 bits per heavy atom. The molecule has 2 saturated heterocycles. The number of anilines is 4. The summed E-state index contributed by atoms with van der Waals surface area (Å²) in [7, 11) is 1.91. The Morgan fingerprint density at radius 3 is 1.43 bits per heavy atom. The molecular formula is C48H54N8O2. The fourth-order valence-corrected chi connectivity index (χ4v) is 7.38. The topological polar surface area (TPSA) is 89.0 Å². The van der Waals surface area contributed by atoms with Gasteiger partial charge in [-0.25, -0.2) is 0 Å². The number of carbonyl (C=O) groups is 2. The predicted molar refractivity (Wildman–Crippen MR) is 236 cm³/mol. The third-order valence-electron chi connectivity index (χ3n) is 10.7. The Bertz CT molecular complexity index is 2140. The minimum atomic E-state index is 0.103. The zero-order valence-electron chi connectivity index (χ0n) is 33.4. The zero-order chi connectivity index (χ0) is 39.9. The van der Waals surface area contributed by atoms with E-state index in [9.17, 15) is 9.59 Å². The molecule has 10 heteroatoms. The average Bonchev–Trinajstić information content (AvgIpc) is 3.73. The molecule has 2 fully saturated rings. The molecule has 8 rings (SSSR count). The van der Waals surface area contributed by atoms with E-state index in [2.05, 4.69) is 98.3 Å². The quantitative estimate of drug-likeness (QED) is 0.123. The standard InChI is InChI=1S/C26H29N3O.C22H25N5O/c30-26(29-20-18-28(19-21-29)25-11-5-2-6-12-25)23-13-15-24(16-14-23)27-17-7-10-22-8-3-1-4-9-22;1-25-17-18(16-24-25)15-23-20-9-7-19(8-10-20)22(28)27-13-11-26(12-14-27)21-5-3-2-4-6-21/h1-6,8-9,11-16,27H,7,10,17-21H2;2-10,16-17,23H,11-15H2,1H3. The Balaban J connectivity index is 0.000000177. The van der Waals surface area contributed by atoms with Gasteiger partial charge in [0.1, 0.15) is 0 Å². The molecule has 2 aliphatic rings. The number of carbonyl (C=O) groups excluding carboxylic acids is 2. The van der Waals surface area contributed by atoms with Crippen molar-refractivity contribution >= 4 is 34.6 Å². The van der Waals surface area contributed by atoms with Gasteiger partial charge in [-0.1, -0.05) is 66.7 Å². The number of benzene rings is 5. The summed E-state index contributed by atoms with van der Waals surface area (Å²) in [6.07, 6.45) is 5.98. The lowest BCUT2D eigenvalue weighted by Crippen LogP contribution is -2.48. The molecule has 10 nitrogen and oxygen atoms in total. The number of rotatable bonds is 12. The summed E-state index contributed by atoms with van der Waals surface area (Å²) in [5.41, 5.74) is 8.50. The first-order valence-corrected chi connectivity index (χ1v) is 20.4. The van der Waals surface area contributed by atoms with Crippen molar-refractivity contribution in [1.82, 2.24) is 19.6 Å². The Labute approximate surface area is 342 Å². The van der Waals surface area contributed by atoms with Crippen molar-refractivity contribution < 1.29 is 9.59 Å². The van der Waals surface area contributed by atoms with E-state index in [1.807, 2.05) is 96.0 Å². The monoisotopic (exact) mass is 774 g/mol. The summed E-state index contributed by atoms with van der Waals surface area (Å²) >= 11 is 0. The first-order chi connectivity index (χ1) is 28.5. The van der Waals surface area contributed by atoms with Crippen LogP contribution in [0.25, 0.3) is 0 Å². The molecule has 0 unspecified atom stereocenters. The van der Waals surface area contributed by atoms with Gasteiger partial charge in [0.05, 0.1) is 6.20 Å². The average molecular weight is 775 g/mol. The van der Waals surface area contributed by atoms with Crippen LogP contribution in [0.1, 0.15) is 38.3 Å². The lowest BCUT2D eigenvalue weighted by molar-refractivity contribution is 0.0739. The van der Waals surface area contributed by atoms with Crippen LogP contribution >= 0.6 is 0 Å². The van der Waals surface area contributed by atoms with Crippen molar-refractivity contribution in [2.75, 3.05) is 79.3 Å². The van der Waals surface area contributed by atoms with Crippen LogP contribution in [-0.4, -0.2) is 90.3 Å². The molecule has 0 bridgehead atoms. The molecule has 5 aromatic carbocycles. The molecule has 6 aromatic rings. The van der Waals surface area contributed by atoms with Gasteiger partial charge in [-0.2, -0.15) is 5.10 Å². The minimum Gasteiger partial charge on any atom is -0.385 e. The van der Waals surface area contributed by atoms with Crippen molar-refractivity contribution in [3.8, 4) is 0 Å². The van der Waals surface area contributed by atoms with Gasteiger partial charge in [0.2, 0.25) is 0 Å². The van der Waals surface area contributed by atoms with E-state index in [-0.39, 0.29) is 11.8 Å². The number of amides is 2. The first kappa shape index (κ1) is 39.7. The summed E-state index contributed by atoms with van der Waals surface area (Å²) in [6, 6.07) is 46.9. The van der Waals surface area contributed by atoms with Crippen LogP contribution in [0.2, 0.25) is 0 Å². The molecular weight excluding hydrogens is 721 g/mol. The number of hydrogen-bond donors (Lipinski definition) is 2. The molecule has 3 heterocycles. The van der Waals surface area contributed by atoms with Gasteiger partial charge < -0.3 is 30.2 Å². The van der Waals surface area contributed by atoms with E-state index in [0.29, 0.717) is 6.54 Å². The van der Waals surface area contributed by atoms with Crippen molar-refractivity contribution in [3.63, 3.8) is 0 Å². The maximum Gasteiger partial charge on any atom is 0.253 e. The molecule has 2 aliphatic heterocycles. The molecule has 0 aliphatic carbocycles. The van der Waals surface area contributed by atoms with E-state index >= 15 is 0 Å². The lowest BCUT2D eigenvalue weighted by atomic mass is 10.1. The first-order valence-electron chi connectivity index (χ1n) is 20.4. The van der Waals surface area contributed by atoms with E-state index in [1.54, 1.807) is 4.68 Å². The Kier molecular flexibility index (Phi) is 13.7. The Morgan fingerprint density at radius 2 is 0.983 bits per heavy atom. The second-order valence-electron chi connectivity index (χ2n) is 14.8. The lowest BCUT2D eigenvalue weighted by Gasteiger charge is -2.36. The van der Waals surface area contributed by atoms with Crippen molar-refractivity contribution in [3.05, 3.63) is 174 Å². The number of nitrogens with one attached hydrogen (secondary N) is 2. The van der Waals surface area contributed by atoms with Gasteiger partial charge in [0.25, 0.3) is 11.8 Å². The van der Waals surface area contributed by atoms with Crippen molar-refractivity contribution in [1.29, 1.82) is 0 Å². The second-order valence-corrected chi connectivity index (χ2v) is 14.8. The highest BCUT2D eigenvalue weighted by Gasteiger charge is 2.23. The molecule has 1 aromatic heterocycles. The molecule has 0 atom stereocenters. The summed E-state index contributed by atoms with van der Waals surface area (Å²) in [5.74, 6) is 0.227. The van der Waals surface area contributed by atoms with Gasteiger partial charge in [-0.05, 0) is 91.2 Å². The number of aromatic nitrogens is 2. The highest BCUT2D eigenvalue weighted by Crippen LogP contribution is 2.20. The second kappa shape index (κ2) is 20.0. The van der Waals surface area contributed by atoms with Gasteiger partial charge in [0.15, 0.2) is 0 Å². The van der Waals surface area contributed by atoms with E-state index < -0.39 is 0 Å². The molecule has 298 valence electrons. The Hall–Kier alpha value is -6.55. The highest BCUT2D eigenvalue weighted by atomic mass is 16.2. The minimum absolute atomic E-state index is 0.103. The predicted octanol–water partition coefficient (Wildman–Crippen LogP) is 7.69. The number of hydrogen-bond acceptors (Lipinski definition) is 7. The summed E-state index contributed by atoms with van der Waals surface area (Å²) in [4.78, 5) is 34.2. The van der Waals surface area contributed by atoms with Crippen LogP contribution in [0, 0.1) is 0 Å². The van der Waals surface area contributed by atoms with Crippen LogP contribution in [0.5, 0.6) is 0 Å². The van der Waals surface area contributed by atoms with Crippen molar-refractivity contribution in [2.45, 2.75) is 19.4 Å². The summed E-state index contributed by atoms with van der Waals surface area (Å²) in [6.45, 7) is 8.10. The summed E-state index contributed by atoms with van der Waals surface area (Å²) < 4.78 is 1.79. The number of piperazine rings is 2. The van der Waals surface area contributed by atoms with Crippen LogP contribution in [0.15, 0.2) is 152 Å². The van der Waals surface area contributed by atoms with Crippen molar-refractivity contribution in [2.24, 2.45) is 7.05 Å². The van der Waals surface area contributed by atoms with E-state index in [4.69, 9.17) is 0 Å². The normalized spacial score (nSPS) is 14.0. The van der Waals surface area contributed by atoms with E-state index in [0.717, 1.165) is 99.8 Å². The number of aryl methyl sites for hydroxylation is 2. The largest absolute Gasteiger partial charge is 0.385 e. The van der Waals surface area contributed by atoms with Crippen LogP contribution in [0.3, 0.4) is 0 Å². The third-order valence-corrected chi connectivity index (χ3v) is 10.7. The third kappa shape index (κ3) is 11.1. The van der Waals surface area contributed by atoms with Gasteiger partial charge in [-0.15, -0.1) is 0 Å². The van der Waals surface area contributed by atoms with Gasteiger partial charge in [-0.3, -0.25) is 14.3 Å². The fourth-order valence-electron chi connectivity index (χ4n) is 7.38. The maximum atomic E-state index is 12.9. The molecule has 2 N–H and O–H groups in total. The molecule has 0 spiro atoms. The molecule has 2 amide bonds. The molecule has 0 radical (unpaired) electrons. The van der Waals surface area contributed by atoms with Crippen LogP contribution in [0.4, 0.5) is 22.7 Å². The molecule has 0 saturated carbocycles. The number of para-hydroxylation sites is 2.